The topological polar surface area (TPSA) is 55.1 Å². The van der Waals surface area contributed by atoms with E-state index in [4.69, 9.17) is 17.3 Å². The predicted octanol–water partition coefficient (Wildman–Crippen LogP) is 2.90. The van der Waals surface area contributed by atoms with Crippen LogP contribution in [0.3, 0.4) is 0 Å². The number of aryl methyl sites for hydroxylation is 1. The average molecular weight is 281 g/mol. The summed E-state index contributed by atoms with van der Waals surface area (Å²) < 4.78 is 0. The van der Waals surface area contributed by atoms with Crippen molar-refractivity contribution in [3.8, 4) is 0 Å². The predicted molar refractivity (Wildman–Crippen MR) is 78.5 cm³/mol. The van der Waals surface area contributed by atoms with Crippen LogP contribution >= 0.6 is 11.6 Å². The van der Waals surface area contributed by atoms with Crippen molar-refractivity contribution in [2.45, 2.75) is 38.6 Å². The average Bonchev–Trinajstić information content (AvgIpc) is 2.89. The van der Waals surface area contributed by atoms with E-state index in [1.807, 2.05) is 13.0 Å². The molecule has 1 saturated carbocycles. The van der Waals surface area contributed by atoms with Gasteiger partial charge in [-0.15, -0.1) is 0 Å². The molecule has 2 rings (SSSR count). The van der Waals surface area contributed by atoms with E-state index in [-0.39, 0.29) is 11.9 Å². The molecule has 0 aromatic heterocycles. The fourth-order valence-corrected chi connectivity index (χ4v) is 3.08. The van der Waals surface area contributed by atoms with E-state index >= 15 is 0 Å². The third kappa shape index (κ3) is 3.48. The van der Waals surface area contributed by atoms with Crippen LogP contribution in [0.25, 0.3) is 0 Å². The van der Waals surface area contributed by atoms with Crippen LogP contribution in [0, 0.1) is 12.8 Å². The second-order valence-corrected chi connectivity index (χ2v) is 5.76. The lowest BCUT2D eigenvalue weighted by molar-refractivity contribution is 0.0923. The quantitative estimate of drug-likeness (QED) is 0.891. The Kier molecular flexibility index (Phi) is 4.83. The maximum absolute atomic E-state index is 12.3. The molecule has 1 aliphatic rings. The molecule has 4 heteroatoms. The first-order valence-electron chi connectivity index (χ1n) is 6.89. The highest BCUT2D eigenvalue weighted by atomic mass is 35.5. The zero-order valence-electron chi connectivity index (χ0n) is 11.3. The van der Waals surface area contributed by atoms with Crippen molar-refractivity contribution < 1.29 is 4.79 Å². The van der Waals surface area contributed by atoms with Crippen LogP contribution in [0.5, 0.6) is 0 Å². The molecule has 0 aliphatic heterocycles. The number of hydrogen-bond acceptors (Lipinski definition) is 2. The van der Waals surface area contributed by atoms with Crippen LogP contribution in [-0.2, 0) is 0 Å². The van der Waals surface area contributed by atoms with E-state index in [1.165, 1.54) is 25.7 Å². The molecule has 104 valence electrons. The minimum absolute atomic E-state index is 0.0449. The Hall–Kier alpha value is -1.06. The highest BCUT2D eigenvalue weighted by molar-refractivity contribution is 6.30. The van der Waals surface area contributed by atoms with Crippen LogP contribution in [0.1, 0.15) is 41.6 Å². The summed E-state index contributed by atoms with van der Waals surface area (Å²) in [5, 5.41) is 3.73. The molecule has 19 heavy (non-hydrogen) atoms. The van der Waals surface area contributed by atoms with Crippen molar-refractivity contribution in [3.05, 3.63) is 34.3 Å². The number of amides is 1. The largest absolute Gasteiger partial charge is 0.348 e. The third-order valence-corrected chi connectivity index (χ3v) is 4.21. The Bertz CT molecular complexity index is 455. The summed E-state index contributed by atoms with van der Waals surface area (Å²) in [5.41, 5.74) is 7.38. The lowest BCUT2D eigenvalue weighted by atomic mass is 9.97. The molecule has 1 aliphatic carbocycles. The van der Waals surface area contributed by atoms with Crippen molar-refractivity contribution in [2.75, 3.05) is 6.54 Å². The van der Waals surface area contributed by atoms with Crippen LogP contribution in [0.4, 0.5) is 0 Å². The van der Waals surface area contributed by atoms with Gasteiger partial charge < -0.3 is 11.1 Å². The smallest absolute Gasteiger partial charge is 0.251 e. The van der Waals surface area contributed by atoms with Crippen molar-refractivity contribution in [3.63, 3.8) is 0 Å². The second-order valence-electron chi connectivity index (χ2n) is 5.32. The van der Waals surface area contributed by atoms with Crippen LogP contribution in [-0.4, -0.2) is 18.5 Å². The van der Waals surface area contributed by atoms with Gasteiger partial charge in [-0.2, -0.15) is 0 Å². The van der Waals surface area contributed by atoms with Crippen molar-refractivity contribution in [2.24, 2.45) is 11.7 Å². The monoisotopic (exact) mass is 280 g/mol. The maximum atomic E-state index is 12.3. The summed E-state index contributed by atoms with van der Waals surface area (Å²) >= 11 is 5.91. The van der Waals surface area contributed by atoms with Crippen LogP contribution in [0.2, 0.25) is 5.02 Å². The highest BCUT2D eigenvalue weighted by Crippen LogP contribution is 2.27. The Balaban J connectivity index is 2.06. The van der Waals surface area contributed by atoms with Gasteiger partial charge in [0.2, 0.25) is 0 Å². The van der Waals surface area contributed by atoms with Gasteiger partial charge in [0.25, 0.3) is 5.91 Å². The van der Waals surface area contributed by atoms with Gasteiger partial charge in [0.15, 0.2) is 0 Å². The Morgan fingerprint density at radius 1 is 1.47 bits per heavy atom. The van der Waals surface area contributed by atoms with E-state index in [2.05, 4.69) is 5.32 Å². The number of benzene rings is 1. The van der Waals surface area contributed by atoms with Gasteiger partial charge in [0.1, 0.15) is 0 Å². The SMILES string of the molecule is Cc1cc(Cl)ccc1C(=O)NC(CN)C1CCCC1. The van der Waals surface area contributed by atoms with Gasteiger partial charge in [-0.1, -0.05) is 24.4 Å². The van der Waals surface area contributed by atoms with Crippen LogP contribution in [0.15, 0.2) is 18.2 Å². The van der Waals surface area contributed by atoms with Crippen molar-refractivity contribution >= 4 is 17.5 Å². The first-order valence-corrected chi connectivity index (χ1v) is 7.26. The number of nitrogens with two attached hydrogens (primary N) is 1. The molecular formula is C15H21ClN2O. The molecule has 0 radical (unpaired) electrons. The number of carbonyl (C=O) groups is 1. The number of nitrogens with one attached hydrogen (secondary N) is 1. The van der Waals surface area contributed by atoms with Crippen molar-refractivity contribution in [1.82, 2.24) is 5.32 Å². The first kappa shape index (κ1) is 14.4. The fourth-order valence-electron chi connectivity index (χ4n) is 2.86. The molecule has 1 amide bonds. The Morgan fingerprint density at radius 3 is 2.74 bits per heavy atom. The third-order valence-electron chi connectivity index (χ3n) is 3.97. The number of rotatable bonds is 4. The van der Waals surface area contributed by atoms with Crippen molar-refractivity contribution in [1.29, 1.82) is 0 Å². The molecule has 1 atom stereocenters. The molecule has 0 heterocycles. The number of hydrogen-bond donors (Lipinski definition) is 2. The van der Waals surface area contributed by atoms with Gasteiger partial charge in [0, 0.05) is 23.2 Å². The molecule has 0 bridgehead atoms. The molecular weight excluding hydrogens is 260 g/mol. The van der Waals surface area contributed by atoms with Crippen LogP contribution < -0.4 is 11.1 Å². The number of halogens is 1. The summed E-state index contributed by atoms with van der Waals surface area (Å²) in [4.78, 5) is 12.3. The summed E-state index contributed by atoms with van der Waals surface area (Å²) in [5.74, 6) is 0.484. The minimum atomic E-state index is -0.0449. The zero-order valence-corrected chi connectivity index (χ0v) is 12.0. The summed E-state index contributed by atoms with van der Waals surface area (Å²) in [6.45, 7) is 2.40. The van der Waals surface area contributed by atoms with Gasteiger partial charge >= 0.3 is 0 Å². The van der Waals surface area contributed by atoms with E-state index in [9.17, 15) is 4.79 Å². The molecule has 0 spiro atoms. The van der Waals surface area contributed by atoms with Gasteiger partial charge in [-0.05, 0) is 49.4 Å². The van der Waals surface area contributed by atoms with Gasteiger partial charge in [0.05, 0.1) is 0 Å². The number of carbonyl (C=O) groups excluding carboxylic acids is 1. The molecule has 1 unspecified atom stereocenters. The normalized spacial score (nSPS) is 17.4. The molecule has 1 aromatic carbocycles. The Morgan fingerprint density at radius 2 is 2.16 bits per heavy atom. The highest BCUT2D eigenvalue weighted by Gasteiger charge is 2.25. The molecule has 3 nitrogen and oxygen atoms in total. The van der Waals surface area contributed by atoms with E-state index in [1.54, 1.807) is 12.1 Å². The van der Waals surface area contributed by atoms with Gasteiger partial charge in [-0.25, -0.2) is 0 Å². The zero-order chi connectivity index (χ0) is 13.8. The lowest BCUT2D eigenvalue weighted by Gasteiger charge is -2.23. The first-order chi connectivity index (χ1) is 9.11. The van der Waals surface area contributed by atoms with Gasteiger partial charge in [-0.3, -0.25) is 4.79 Å². The Labute approximate surface area is 119 Å². The lowest BCUT2D eigenvalue weighted by Crippen LogP contribution is -2.44. The molecule has 3 N–H and O–H groups in total. The maximum Gasteiger partial charge on any atom is 0.251 e. The van der Waals surface area contributed by atoms with E-state index in [0.29, 0.717) is 23.0 Å². The fraction of sp³-hybridized carbons (Fsp3) is 0.533. The second kappa shape index (κ2) is 6.40. The molecule has 0 saturated heterocycles. The molecule has 1 aromatic rings. The summed E-state index contributed by atoms with van der Waals surface area (Å²) in [6, 6.07) is 5.42. The van der Waals surface area contributed by atoms with E-state index < -0.39 is 0 Å². The summed E-state index contributed by atoms with van der Waals surface area (Å²) in [7, 11) is 0. The minimum Gasteiger partial charge on any atom is -0.348 e. The summed E-state index contributed by atoms with van der Waals surface area (Å²) in [6.07, 6.45) is 4.83. The van der Waals surface area contributed by atoms with E-state index in [0.717, 1.165) is 5.56 Å². The molecule has 1 fully saturated rings. The standard InChI is InChI=1S/C15H21ClN2O/c1-10-8-12(16)6-7-13(10)15(19)18-14(9-17)11-4-2-3-5-11/h6-8,11,14H,2-5,9,17H2,1H3,(H,18,19).